The van der Waals surface area contributed by atoms with Crippen LogP contribution in [0.5, 0.6) is 5.75 Å². The molecule has 4 rings (SSSR count). The van der Waals surface area contributed by atoms with Crippen molar-refractivity contribution >= 4 is 0 Å². The second kappa shape index (κ2) is 8.57. The molecule has 0 bridgehead atoms. The van der Waals surface area contributed by atoms with Crippen LogP contribution in [0.15, 0.2) is 54.9 Å². The standard InChI is InChI=1S/C23H28N4O/c1-26-13-11-24-23(26)17-27-12-5-7-19(16-27)22-10-4-8-20(25-22)14-18-6-3-9-21(15-18)28-2/h3-4,6,8-11,13,15,19H,5,7,12,14,16-17H2,1-2H3. The predicted molar refractivity (Wildman–Crippen MR) is 110 cm³/mol. The van der Waals surface area contributed by atoms with Crippen LogP contribution in [-0.4, -0.2) is 39.6 Å². The molecule has 1 aromatic carbocycles. The maximum absolute atomic E-state index is 5.34. The fourth-order valence-electron chi connectivity index (χ4n) is 4.00. The summed E-state index contributed by atoms with van der Waals surface area (Å²) in [6.45, 7) is 3.08. The zero-order chi connectivity index (χ0) is 19.3. The molecule has 146 valence electrons. The lowest BCUT2D eigenvalue weighted by atomic mass is 9.94. The Morgan fingerprint density at radius 3 is 2.89 bits per heavy atom. The Balaban J connectivity index is 1.45. The van der Waals surface area contributed by atoms with Crippen molar-refractivity contribution in [3.05, 3.63) is 77.6 Å². The number of imidazole rings is 1. The summed E-state index contributed by atoms with van der Waals surface area (Å²) in [5.41, 5.74) is 3.56. The van der Waals surface area contributed by atoms with Crippen molar-refractivity contribution < 1.29 is 4.74 Å². The van der Waals surface area contributed by atoms with Crippen molar-refractivity contribution in [2.24, 2.45) is 7.05 Å². The molecule has 1 saturated heterocycles. The summed E-state index contributed by atoms with van der Waals surface area (Å²) < 4.78 is 7.45. The molecule has 0 N–H and O–H groups in total. The average molecular weight is 377 g/mol. The topological polar surface area (TPSA) is 43.2 Å². The fourth-order valence-corrected chi connectivity index (χ4v) is 4.00. The quantitative estimate of drug-likeness (QED) is 0.656. The van der Waals surface area contributed by atoms with Gasteiger partial charge in [0, 0.05) is 49.7 Å². The third-order valence-electron chi connectivity index (χ3n) is 5.56. The van der Waals surface area contributed by atoms with E-state index in [0.29, 0.717) is 5.92 Å². The molecule has 2 aromatic heterocycles. The monoisotopic (exact) mass is 376 g/mol. The lowest BCUT2D eigenvalue weighted by Gasteiger charge is -2.32. The van der Waals surface area contributed by atoms with Crippen molar-refractivity contribution in [1.82, 2.24) is 19.4 Å². The number of rotatable bonds is 6. The first-order valence-electron chi connectivity index (χ1n) is 9.98. The summed E-state index contributed by atoms with van der Waals surface area (Å²) in [5, 5.41) is 0. The largest absolute Gasteiger partial charge is 0.497 e. The number of pyridine rings is 1. The Bertz CT molecular complexity index is 920. The Labute approximate surface area is 167 Å². The van der Waals surface area contributed by atoms with E-state index in [1.165, 1.54) is 24.1 Å². The summed E-state index contributed by atoms with van der Waals surface area (Å²) in [7, 11) is 3.77. The van der Waals surface area contributed by atoms with Gasteiger partial charge in [-0.2, -0.15) is 0 Å². The first-order valence-corrected chi connectivity index (χ1v) is 9.98. The highest BCUT2D eigenvalue weighted by molar-refractivity contribution is 5.31. The normalized spacial score (nSPS) is 17.6. The zero-order valence-corrected chi connectivity index (χ0v) is 16.7. The molecule has 0 spiro atoms. The summed E-state index contributed by atoms with van der Waals surface area (Å²) >= 11 is 0. The van der Waals surface area contributed by atoms with E-state index >= 15 is 0 Å². The summed E-state index contributed by atoms with van der Waals surface area (Å²) in [4.78, 5) is 12.0. The van der Waals surface area contributed by atoms with Crippen molar-refractivity contribution in [3.63, 3.8) is 0 Å². The van der Waals surface area contributed by atoms with Crippen molar-refractivity contribution in [3.8, 4) is 5.75 Å². The van der Waals surface area contributed by atoms with E-state index in [1.54, 1.807) is 7.11 Å². The van der Waals surface area contributed by atoms with Gasteiger partial charge in [0.25, 0.3) is 0 Å². The van der Waals surface area contributed by atoms with Crippen LogP contribution in [0.2, 0.25) is 0 Å². The maximum Gasteiger partial charge on any atom is 0.122 e. The van der Waals surface area contributed by atoms with Gasteiger partial charge in [-0.15, -0.1) is 0 Å². The first-order chi connectivity index (χ1) is 13.7. The molecule has 1 unspecified atom stereocenters. The van der Waals surface area contributed by atoms with Gasteiger partial charge < -0.3 is 9.30 Å². The number of piperidine rings is 1. The second-order valence-electron chi connectivity index (χ2n) is 7.61. The highest BCUT2D eigenvalue weighted by Gasteiger charge is 2.23. The molecular formula is C23H28N4O. The predicted octanol–water partition coefficient (Wildman–Crippen LogP) is 3.79. The molecule has 3 aromatic rings. The van der Waals surface area contributed by atoms with Crippen LogP contribution in [-0.2, 0) is 20.0 Å². The van der Waals surface area contributed by atoms with Gasteiger partial charge in [-0.1, -0.05) is 18.2 Å². The van der Waals surface area contributed by atoms with Crippen LogP contribution in [0.4, 0.5) is 0 Å². The van der Waals surface area contributed by atoms with Crippen LogP contribution in [0, 0.1) is 0 Å². The van der Waals surface area contributed by atoms with Crippen molar-refractivity contribution in [2.45, 2.75) is 31.7 Å². The van der Waals surface area contributed by atoms with E-state index in [9.17, 15) is 0 Å². The molecule has 1 aliphatic rings. The van der Waals surface area contributed by atoms with Gasteiger partial charge in [0.1, 0.15) is 11.6 Å². The number of ether oxygens (including phenoxy) is 1. The van der Waals surface area contributed by atoms with Gasteiger partial charge >= 0.3 is 0 Å². The van der Waals surface area contributed by atoms with Crippen molar-refractivity contribution in [1.29, 1.82) is 0 Å². The Morgan fingerprint density at radius 1 is 1.18 bits per heavy atom. The van der Waals surface area contributed by atoms with Crippen LogP contribution in [0.1, 0.15) is 41.5 Å². The number of likely N-dealkylation sites (tertiary alicyclic amines) is 1. The van der Waals surface area contributed by atoms with Crippen LogP contribution in [0.25, 0.3) is 0 Å². The third kappa shape index (κ3) is 4.42. The molecule has 5 nitrogen and oxygen atoms in total. The van der Waals surface area contributed by atoms with Gasteiger partial charge in [0.15, 0.2) is 0 Å². The number of benzene rings is 1. The molecule has 1 atom stereocenters. The Kier molecular flexibility index (Phi) is 5.72. The van der Waals surface area contributed by atoms with E-state index in [-0.39, 0.29) is 0 Å². The number of nitrogens with zero attached hydrogens (tertiary/aromatic N) is 4. The number of methoxy groups -OCH3 is 1. The Morgan fingerprint density at radius 2 is 2.07 bits per heavy atom. The van der Waals surface area contributed by atoms with Gasteiger partial charge in [-0.05, 0) is 49.2 Å². The zero-order valence-electron chi connectivity index (χ0n) is 16.7. The highest BCUT2D eigenvalue weighted by atomic mass is 16.5. The minimum atomic E-state index is 0.485. The minimum absolute atomic E-state index is 0.485. The van der Waals surface area contributed by atoms with Crippen molar-refractivity contribution in [2.75, 3.05) is 20.2 Å². The smallest absolute Gasteiger partial charge is 0.122 e. The van der Waals surface area contributed by atoms with Gasteiger partial charge in [0.05, 0.1) is 13.7 Å². The molecular weight excluding hydrogens is 348 g/mol. The lowest BCUT2D eigenvalue weighted by Crippen LogP contribution is -2.35. The summed E-state index contributed by atoms with van der Waals surface area (Å²) in [5.74, 6) is 2.51. The lowest BCUT2D eigenvalue weighted by molar-refractivity contribution is 0.192. The van der Waals surface area contributed by atoms with E-state index in [2.05, 4.69) is 51.8 Å². The summed E-state index contributed by atoms with van der Waals surface area (Å²) in [6, 6.07) is 14.7. The van der Waals surface area contributed by atoms with Gasteiger partial charge in [0.2, 0.25) is 0 Å². The molecule has 3 heterocycles. The van der Waals surface area contributed by atoms with Gasteiger partial charge in [-0.3, -0.25) is 9.88 Å². The second-order valence-corrected chi connectivity index (χ2v) is 7.61. The maximum atomic E-state index is 5.34. The average Bonchev–Trinajstić information content (AvgIpc) is 3.13. The fraction of sp³-hybridized carbons (Fsp3) is 0.391. The summed E-state index contributed by atoms with van der Waals surface area (Å²) in [6.07, 6.45) is 7.12. The highest BCUT2D eigenvalue weighted by Crippen LogP contribution is 2.27. The molecule has 0 saturated carbocycles. The first kappa shape index (κ1) is 18.7. The number of hydrogen-bond acceptors (Lipinski definition) is 4. The van der Waals surface area contributed by atoms with Crippen LogP contribution in [0.3, 0.4) is 0 Å². The number of aromatic nitrogens is 3. The van der Waals surface area contributed by atoms with E-state index < -0.39 is 0 Å². The van der Waals surface area contributed by atoms with Crippen LogP contribution < -0.4 is 4.74 Å². The molecule has 28 heavy (non-hydrogen) atoms. The molecule has 0 amide bonds. The van der Waals surface area contributed by atoms with Crippen LogP contribution >= 0.6 is 0 Å². The minimum Gasteiger partial charge on any atom is -0.497 e. The SMILES string of the molecule is COc1cccc(Cc2cccc(C3CCCN(Cc4nccn4C)C3)n2)c1. The Hall–Kier alpha value is -2.66. The molecule has 0 radical (unpaired) electrons. The van der Waals surface area contributed by atoms with E-state index in [0.717, 1.165) is 43.3 Å². The van der Waals surface area contributed by atoms with E-state index in [1.807, 2.05) is 24.5 Å². The molecule has 5 heteroatoms. The third-order valence-corrected chi connectivity index (χ3v) is 5.56. The van der Waals surface area contributed by atoms with Gasteiger partial charge in [-0.25, -0.2) is 4.98 Å². The van der Waals surface area contributed by atoms with E-state index in [4.69, 9.17) is 9.72 Å². The number of hydrogen-bond donors (Lipinski definition) is 0. The number of aryl methyl sites for hydroxylation is 1. The molecule has 0 aliphatic carbocycles. The molecule has 1 aliphatic heterocycles. The molecule has 1 fully saturated rings.